The summed E-state index contributed by atoms with van der Waals surface area (Å²) >= 11 is 0. The first-order chi connectivity index (χ1) is 5.49. The molecule has 0 atom stereocenters. The largest absolute Gasteiger partial charge is 0.378 e. The van der Waals surface area contributed by atoms with E-state index in [0.717, 1.165) is 5.70 Å². The van der Waals surface area contributed by atoms with E-state index in [0.29, 0.717) is 6.42 Å². The summed E-state index contributed by atoms with van der Waals surface area (Å²) in [5, 5.41) is 3.17. The molecule has 2 heteroatoms. The number of carbonyl (C=O) groups is 1. The number of Topliss-reactive ketones (excluding diaryl/α,β-unsaturated/α-hetero) is 1. The summed E-state index contributed by atoms with van der Waals surface area (Å²) < 4.78 is 0. The van der Waals surface area contributed by atoms with Crippen LogP contribution < -0.4 is 5.32 Å². The SMILES string of the molecule is CC(C)(C)NC1=CC=CCC1=O. The highest BCUT2D eigenvalue weighted by atomic mass is 16.1. The number of carbonyl (C=O) groups excluding carboxylic acids is 1. The lowest BCUT2D eigenvalue weighted by Crippen LogP contribution is -2.37. The van der Waals surface area contributed by atoms with E-state index in [9.17, 15) is 4.79 Å². The second-order valence-corrected chi connectivity index (χ2v) is 4.01. The maximum absolute atomic E-state index is 11.3. The van der Waals surface area contributed by atoms with E-state index < -0.39 is 0 Å². The lowest BCUT2D eigenvalue weighted by molar-refractivity contribution is -0.115. The van der Waals surface area contributed by atoms with Gasteiger partial charge in [0.25, 0.3) is 0 Å². The summed E-state index contributed by atoms with van der Waals surface area (Å²) in [5.41, 5.74) is 0.692. The Morgan fingerprint density at radius 2 is 2.08 bits per heavy atom. The molecular weight excluding hydrogens is 150 g/mol. The summed E-state index contributed by atoms with van der Waals surface area (Å²) in [5.74, 6) is 0.174. The monoisotopic (exact) mass is 165 g/mol. The maximum Gasteiger partial charge on any atom is 0.182 e. The molecule has 0 aliphatic heterocycles. The van der Waals surface area contributed by atoms with Gasteiger partial charge in [0.2, 0.25) is 0 Å². The molecule has 1 aliphatic rings. The minimum Gasteiger partial charge on any atom is -0.378 e. The van der Waals surface area contributed by atoms with Gasteiger partial charge in [-0.05, 0) is 26.8 Å². The Labute approximate surface area is 73.4 Å². The Balaban J connectivity index is 2.68. The number of hydrogen-bond acceptors (Lipinski definition) is 2. The molecule has 2 nitrogen and oxygen atoms in total. The smallest absolute Gasteiger partial charge is 0.182 e. The van der Waals surface area contributed by atoms with E-state index in [2.05, 4.69) is 5.32 Å². The summed E-state index contributed by atoms with van der Waals surface area (Å²) in [4.78, 5) is 11.3. The van der Waals surface area contributed by atoms with Gasteiger partial charge in [0.1, 0.15) is 0 Å². The molecule has 0 spiro atoms. The van der Waals surface area contributed by atoms with Crippen molar-refractivity contribution in [3.63, 3.8) is 0 Å². The third-order valence-corrected chi connectivity index (χ3v) is 1.51. The molecular formula is C10H15NO. The molecule has 0 saturated heterocycles. The zero-order chi connectivity index (χ0) is 9.19. The van der Waals surface area contributed by atoms with Gasteiger partial charge in [0.15, 0.2) is 5.78 Å². The fourth-order valence-corrected chi connectivity index (χ4v) is 1.06. The molecule has 0 bridgehead atoms. The molecule has 0 amide bonds. The minimum absolute atomic E-state index is 0.0350. The van der Waals surface area contributed by atoms with Crippen LogP contribution in [0.25, 0.3) is 0 Å². The van der Waals surface area contributed by atoms with Gasteiger partial charge >= 0.3 is 0 Å². The zero-order valence-corrected chi connectivity index (χ0v) is 7.85. The summed E-state index contributed by atoms with van der Waals surface area (Å²) in [6, 6.07) is 0. The van der Waals surface area contributed by atoms with Crippen LogP contribution in [-0.2, 0) is 4.79 Å². The second-order valence-electron chi connectivity index (χ2n) is 4.01. The van der Waals surface area contributed by atoms with Crippen LogP contribution in [0.3, 0.4) is 0 Å². The van der Waals surface area contributed by atoms with Gasteiger partial charge in [-0.2, -0.15) is 0 Å². The normalized spacial score (nSPS) is 17.6. The molecule has 0 heterocycles. The van der Waals surface area contributed by atoms with E-state index >= 15 is 0 Å². The number of nitrogens with one attached hydrogen (secondary N) is 1. The Hall–Kier alpha value is -1.05. The molecule has 1 aliphatic carbocycles. The van der Waals surface area contributed by atoms with Crippen molar-refractivity contribution in [1.82, 2.24) is 5.32 Å². The molecule has 12 heavy (non-hydrogen) atoms. The molecule has 1 N–H and O–H groups in total. The average molecular weight is 165 g/mol. The van der Waals surface area contributed by atoms with Crippen molar-refractivity contribution in [3.05, 3.63) is 23.9 Å². The zero-order valence-electron chi connectivity index (χ0n) is 7.85. The molecule has 0 saturated carbocycles. The van der Waals surface area contributed by atoms with Gasteiger partial charge < -0.3 is 5.32 Å². The molecule has 0 aromatic rings. The van der Waals surface area contributed by atoms with E-state index in [4.69, 9.17) is 0 Å². The number of ketones is 1. The van der Waals surface area contributed by atoms with Crippen molar-refractivity contribution in [2.24, 2.45) is 0 Å². The van der Waals surface area contributed by atoms with E-state index in [1.165, 1.54) is 0 Å². The van der Waals surface area contributed by atoms with Crippen LogP contribution in [0.4, 0.5) is 0 Å². The summed E-state index contributed by atoms with van der Waals surface area (Å²) in [6.45, 7) is 6.12. The molecule has 0 aromatic carbocycles. The predicted octanol–water partition coefficient (Wildman–Crippen LogP) is 1.79. The van der Waals surface area contributed by atoms with E-state index in [1.54, 1.807) is 0 Å². The third-order valence-electron chi connectivity index (χ3n) is 1.51. The lowest BCUT2D eigenvalue weighted by atomic mass is 10.0. The van der Waals surface area contributed by atoms with Crippen LogP contribution in [0.15, 0.2) is 23.9 Å². The van der Waals surface area contributed by atoms with Gasteiger partial charge in [-0.15, -0.1) is 0 Å². The van der Waals surface area contributed by atoms with Crippen LogP contribution in [0.2, 0.25) is 0 Å². The summed E-state index contributed by atoms with van der Waals surface area (Å²) in [7, 11) is 0. The fraction of sp³-hybridized carbons (Fsp3) is 0.500. The van der Waals surface area contributed by atoms with Gasteiger partial charge in [-0.25, -0.2) is 0 Å². The fourth-order valence-electron chi connectivity index (χ4n) is 1.06. The molecule has 0 radical (unpaired) electrons. The standard InChI is InChI=1S/C10H15NO/c1-10(2,3)11-8-6-4-5-7-9(8)12/h4-6,11H,7H2,1-3H3. The van der Waals surface area contributed by atoms with Crippen molar-refractivity contribution in [3.8, 4) is 0 Å². The van der Waals surface area contributed by atoms with Crippen molar-refractivity contribution in [2.45, 2.75) is 32.7 Å². The molecule has 0 aromatic heterocycles. The van der Waals surface area contributed by atoms with Crippen molar-refractivity contribution < 1.29 is 4.79 Å². The van der Waals surface area contributed by atoms with Crippen LogP contribution in [0.1, 0.15) is 27.2 Å². The number of allylic oxidation sites excluding steroid dienone is 4. The van der Waals surface area contributed by atoms with Crippen molar-refractivity contribution >= 4 is 5.78 Å². The molecule has 0 fully saturated rings. The highest BCUT2D eigenvalue weighted by molar-refractivity contribution is 5.97. The van der Waals surface area contributed by atoms with Crippen LogP contribution >= 0.6 is 0 Å². The van der Waals surface area contributed by atoms with Crippen LogP contribution in [-0.4, -0.2) is 11.3 Å². The van der Waals surface area contributed by atoms with Gasteiger partial charge in [0, 0.05) is 12.0 Å². The van der Waals surface area contributed by atoms with Gasteiger partial charge in [-0.3, -0.25) is 4.79 Å². The van der Waals surface area contributed by atoms with Crippen molar-refractivity contribution in [1.29, 1.82) is 0 Å². The first kappa shape index (κ1) is 9.04. The highest BCUT2D eigenvalue weighted by Gasteiger charge is 2.16. The van der Waals surface area contributed by atoms with Crippen LogP contribution in [0, 0.1) is 0 Å². The number of rotatable bonds is 1. The number of hydrogen-bond donors (Lipinski definition) is 1. The lowest BCUT2D eigenvalue weighted by Gasteiger charge is -2.24. The van der Waals surface area contributed by atoms with E-state index in [1.807, 2.05) is 39.0 Å². The Morgan fingerprint density at radius 3 is 2.58 bits per heavy atom. The van der Waals surface area contributed by atoms with Crippen LogP contribution in [0.5, 0.6) is 0 Å². The highest BCUT2D eigenvalue weighted by Crippen LogP contribution is 2.09. The Kier molecular flexibility index (Phi) is 2.36. The summed E-state index contributed by atoms with van der Waals surface area (Å²) in [6.07, 6.45) is 6.14. The topological polar surface area (TPSA) is 29.1 Å². The third kappa shape index (κ3) is 2.53. The molecule has 0 unspecified atom stereocenters. The van der Waals surface area contributed by atoms with Gasteiger partial charge in [-0.1, -0.05) is 12.2 Å². The van der Waals surface area contributed by atoms with Crippen molar-refractivity contribution in [2.75, 3.05) is 0 Å². The first-order valence-corrected chi connectivity index (χ1v) is 4.17. The second kappa shape index (κ2) is 3.13. The first-order valence-electron chi connectivity index (χ1n) is 4.17. The Bertz CT molecular complexity index is 243. The van der Waals surface area contributed by atoms with E-state index in [-0.39, 0.29) is 11.3 Å². The Morgan fingerprint density at radius 1 is 1.42 bits per heavy atom. The quantitative estimate of drug-likeness (QED) is 0.641. The van der Waals surface area contributed by atoms with Gasteiger partial charge in [0.05, 0.1) is 5.70 Å². The maximum atomic E-state index is 11.3. The molecule has 1 rings (SSSR count). The molecule has 66 valence electrons. The predicted molar refractivity (Wildman–Crippen MR) is 49.7 cm³/mol. The average Bonchev–Trinajstić information content (AvgIpc) is 1.91. The minimum atomic E-state index is -0.0350.